The van der Waals surface area contributed by atoms with Crippen LogP contribution < -0.4 is 11.5 Å². The number of aryl methyl sites for hydroxylation is 1. The Morgan fingerprint density at radius 3 is 1.97 bits per heavy atom. The average molecular weight is 501 g/mol. The number of carbonyl (C=O) groups is 2. The molecular weight excluding hydrogens is 448 g/mol. The molecule has 0 bridgehead atoms. The standard InChI is InChI=1S/C23H43NO2.C8H9NO/c1-3-5-7-9-10-13-17-22(16-12-8-6-4-2)19-26-23(22)18-14-11-15-20(23)21(24)25;1-6-4-2-3-5-7(6)8(9)10/h20H,3-19H2,1-2H3,(H2,24,25);2-5H,1H3,(H2,9,10). The molecule has 4 N–H and O–H groups in total. The van der Waals surface area contributed by atoms with Gasteiger partial charge >= 0.3 is 0 Å². The number of amides is 2. The highest BCUT2D eigenvalue weighted by atomic mass is 16.5. The monoisotopic (exact) mass is 500 g/mol. The topological polar surface area (TPSA) is 95.4 Å². The molecule has 1 aromatic rings. The van der Waals surface area contributed by atoms with Crippen molar-refractivity contribution in [1.29, 1.82) is 0 Å². The lowest BCUT2D eigenvalue weighted by Crippen LogP contribution is -2.69. The van der Waals surface area contributed by atoms with Crippen molar-refractivity contribution in [2.24, 2.45) is 22.8 Å². The van der Waals surface area contributed by atoms with Crippen molar-refractivity contribution in [3.63, 3.8) is 0 Å². The number of unbranched alkanes of at least 4 members (excludes halogenated alkanes) is 8. The molecule has 0 radical (unpaired) electrons. The first-order chi connectivity index (χ1) is 17.3. The first kappa shape index (κ1) is 30.3. The van der Waals surface area contributed by atoms with E-state index in [9.17, 15) is 9.59 Å². The van der Waals surface area contributed by atoms with E-state index in [1.54, 1.807) is 12.1 Å². The lowest BCUT2D eigenvalue weighted by molar-refractivity contribution is -0.305. The van der Waals surface area contributed by atoms with Crippen LogP contribution >= 0.6 is 0 Å². The molecule has 3 atom stereocenters. The van der Waals surface area contributed by atoms with E-state index in [1.807, 2.05) is 19.1 Å². The number of benzene rings is 1. The van der Waals surface area contributed by atoms with E-state index in [2.05, 4.69) is 13.8 Å². The zero-order valence-electron chi connectivity index (χ0n) is 23.3. The Morgan fingerprint density at radius 1 is 0.889 bits per heavy atom. The van der Waals surface area contributed by atoms with Crippen LogP contribution in [0.5, 0.6) is 0 Å². The Hall–Kier alpha value is -1.88. The Labute approximate surface area is 220 Å². The third-order valence-electron chi connectivity index (χ3n) is 8.63. The molecule has 2 amide bonds. The SMILES string of the molecule is CCCCCCCCC1(CCCCCC)COC12CCCCC2C(N)=O.Cc1ccccc1C(N)=O. The molecule has 3 unspecified atom stereocenters. The molecule has 1 saturated heterocycles. The van der Waals surface area contributed by atoms with Crippen LogP contribution in [-0.2, 0) is 9.53 Å². The maximum absolute atomic E-state index is 12.2. The Balaban J connectivity index is 0.000000380. The highest BCUT2D eigenvalue weighted by Gasteiger charge is 2.64. The molecule has 2 aliphatic rings. The number of primary amides is 2. The van der Waals surface area contributed by atoms with Crippen LogP contribution in [0.4, 0.5) is 0 Å². The summed E-state index contributed by atoms with van der Waals surface area (Å²) in [5, 5.41) is 0. The fourth-order valence-corrected chi connectivity index (χ4v) is 6.46. The second-order valence-corrected chi connectivity index (χ2v) is 11.2. The van der Waals surface area contributed by atoms with Gasteiger partial charge in [-0.15, -0.1) is 0 Å². The molecular formula is C31H52N2O3. The summed E-state index contributed by atoms with van der Waals surface area (Å²) in [6.45, 7) is 7.26. The number of carbonyl (C=O) groups excluding carboxylic acids is 2. The van der Waals surface area contributed by atoms with Crippen molar-refractivity contribution in [1.82, 2.24) is 0 Å². The summed E-state index contributed by atoms with van der Waals surface area (Å²) in [5.41, 5.74) is 12.4. The molecule has 1 heterocycles. The summed E-state index contributed by atoms with van der Waals surface area (Å²) in [6.07, 6.45) is 19.9. The largest absolute Gasteiger partial charge is 0.373 e. The molecule has 1 saturated carbocycles. The van der Waals surface area contributed by atoms with Gasteiger partial charge in [0.15, 0.2) is 0 Å². The summed E-state index contributed by atoms with van der Waals surface area (Å²) in [6, 6.07) is 7.26. The van der Waals surface area contributed by atoms with Gasteiger partial charge in [-0.2, -0.15) is 0 Å². The predicted molar refractivity (Wildman–Crippen MR) is 149 cm³/mol. The van der Waals surface area contributed by atoms with Crippen LogP contribution in [0.1, 0.15) is 133 Å². The van der Waals surface area contributed by atoms with E-state index in [-0.39, 0.29) is 28.7 Å². The lowest BCUT2D eigenvalue weighted by Gasteiger charge is -2.64. The van der Waals surface area contributed by atoms with Gasteiger partial charge in [0, 0.05) is 11.0 Å². The van der Waals surface area contributed by atoms with Gasteiger partial charge in [0.05, 0.1) is 18.1 Å². The van der Waals surface area contributed by atoms with Crippen molar-refractivity contribution in [2.75, 3.05) is 6.61 Å². The highest BCUT2D eigenvalue weighted by molar-refractivity contribution is 5.94. The van der Waals surface area contributed by atoms with Crippen LogP contribution in [0.25, 0.3) is 0 Å². The lowest BCUT2D eigenvalue weighted by atomic mass is 9.53. The van der Waals surface area contributed by atoms with Gasteiger partial charge in [-0.3, -0.25) is 9.59 Å². The first-order valence-electron chi connectivity index (χ1n) is 14.6. The Kier molecular flexibility index (Phi) is 13.0. The van der Waals surface area contributed by atoms with Crippen molar-refractivity contribution in [3.05, 3.63) is 35.4 Å². The Bertz CT molecular complexity index is 811. The molecule has 0 aromatic heterocycles. The summed E-state index contributed by atoms with van der Waals surface area (Å²) in [5.74, 6) is -0.542. The van der Waals surface area contributed by atoms with Gasteiger partial charge in [-0.05, 0) is 44.2 Å². The second-order valence-electron chi connectivity index (χ2n) is 11.2. The second kappa shape index (κ2) is 15.4. The third kappa shape index (κ3) is 7.81. The molecule has 1 spiro atoms. The zero-order valence-corrected chi connectivity index (χ0v) is 23.3. The highest BCUT2D eigenvalue weighted by Crippen LogP contribution is 2.60. The molecule has 36 heavy (non-hydrogen) atoms. The van der Waals surface area contributed by atoms with Gasteiger partial charge in [0.2, 0.25) is 11.8 Å². The van der Waals surface area contributed by atoms with E-state index in [4.69, 9.17) is 16.2 Å². The normalized spacial score (nSPS) is 25.0. The first-order valence-corrected chi connectivity index (χ1v) is 14.6. The van der Waals surface area contributed by atoms with Crippen molar-refractivity contribution in [2.45, 2.75) is 129 Å². The van der Waals surface area contributed by atoms with Crippen LogP contribution in [0.15, 0.2) is 24.3 Å². The summed E-state index contributed by atoms with van der Waals surface area (Å²) >= 11 is 0. The fourth-order valence-electron chi connectivity index (χ4n) is 6.46. The van der Waals surface area contributed by atoms with Crippen LogP contribution in [0, 0.1) is 18.3 Å². The number of hydrogen-bond donors (Lipinski definition) is 2. The van der Waals surface area contributed by atoms with Gasteiger partial charge in [-0.25, -0.2) is 0 Å². The van der Waals surface area contributed by atoms with E-state index >= 15 is 0 Å². The molecule has 2 fully saturated rings. The predicted octanol–water partition coefficient (Wildman–Crippen LogP) is 7.23. The minimum absolute atomic E-state index is 0.0590. The molecule has 204 valence electrons. The van der Waals surface area contributed by atoms with Crippen molar-refractivity contribution in [3.8, 4) is 0 Å². The molecule has 3 rings (SSSR count). The van der Waals surface area contributed by atoms with Crippen molar-refractivity contribution >= 4 is 11.8 Å². The molecule has 1 aliphatic carbocycles. The molecule has 1 aliphatic heterocycles. The van der Waals surface area contributed by atoms with Crippen LogP contribution in [0.3, 0.4) is 0 Å². The molecule has 5 nitrogen and oxygen atoms in total. The van der Waals surface area contributed by atoms with Gasteiger partial charge in [0.1, 0.15) is 0 Å². The summed E-state index contributed by atoms with van der Waals surface area (Å²) in [4.78, 5) is 22.9. The van der Waals surface area contributed by atoms with Gasteiger partial charge < -0.3 is 16.2 Å². The number of ether oxygens (including phenoxy) is 1. The van der Waals surface area contributed by atoms with E-state index in [0.29, 0.717) is 5.56 Å². The number of rotatable bonds is 14. The summed E-state index contributed by atoms with van der Waals surface area (Å²) < 4.78 is 6.30. The van der Waals surface area contributed by atoms with Crippen LogP contribution in [-0.4, -0.2) is 24.0 Å². The van der Waals surface area contributed by atoms with Gasteiger partial charge in [0.25, 0.3) is 0 Å². The maximum Gasteiger partial charge on any atom is 0.248 e. The molecule has 1 aromatic carbocycles. The van der Waals surface area contributed by atoms with E-state index in [1.165, 1.54) is 83.5 Å². The van der Waals surface area contributed by atoms with Crippen LogP contribution in [0.2, 0.25) is 0 Å². The fraction of sp³-hybridized carbons (Fsp3) is 0.742. The third-order valence-corrected chi connectivity index (χ3v) is 8.63. The zero-order chi connectivity index (χ0) is 26.4. The number of nitrogens with two attached hydrogens (primary N) is 2. The minimum Gasteiger partial charge on any atom is -0.373 e. The number of hydrogen-bond acceptors (Lipinski definition) is 3. The average Bonchev–Trinajstić information content (AvgIpc) is 2.87. The quantitative estimate of drug-likeness (QED) is 0.264. The molecule has 5 heteroatoms. The van der Waals surface area contributed by atoms with E-state index in [0.717, 1.165) is 31.4 Å². The smallest absolute Gasteiger partial charge is 0.248 e. The maximum atomic E-state index is 12.2. The summed E-state index contributed by atoms with van der Waals surface area (Å²) in [7, 11) is 0. The van der Waals surface area contributed by atoms with Crippen molar-refractivity contribution < 1.29 is 14.3 Å². The van der Waals surface area contributed by atoms with Gasteiger partial charge in [-0.1, -0.05) is 109 Å². The van der Waals surface area contributed by atoms with E-state index < -0.39 is 0 Å². The minimum atomic E-state index is -0.363. The Morgan fingerprint density at radius 2 is 1.47 bits per heavy atom.